The quantitative estimate of drug-likeness (QED) is 0.641. The summed E-state index contributed by atoms with van der Waals surface area (Å²) in [5.74, 6) is -1.39. The van der Waals surface area contributed by atoms with Crippen LogP contribution in [0.25, 0.3) is 0 Å². The molecule has 0 heterocycles. The van der Waals surface area contributed by atoms with Gasteiger partial charge in [0.25, 0.3) is 0 Å². The van der Waals surface area contributed by atoms with Crippen molar-refractivity contribution in [1.82, 2.24) is 4.90 Å². The highest BCUT2D eigenvalue weighted by Gasteiger charge is 2.22. The number of carboxylic acids is 1. The molecule has 0 radical (unpaired) electrons. The van der Waals surface area contributed by atoms with Crippen molar-refractivity contribution in [3.8, 4) is 0 Å². The van der Waals surface area contributed by atoms with Crippen molar-refractivity contribution in [3.63, 3.8) is 0 Å². The van der Waals surface area contributed by atoms with Gasteiger partial charge < -0.3 is 15.7 Å². The first-order chi connectivity index (χ1) is 7.06. The smallest absolute Gasteiger partial charge is 0.323 e. The van der Waals surface area contributed by atoms with Gasteiger partial charge in [0.2, 0.25) is 5.91 Å². The van der Waals surface area contributed by atoms with Gasteiger partial charge in [-0.05, 0) is 12.8 Å². The topological polar surface area (TPSA) is 83.6 Å². The predicted octanol–water partition coefficient (Wildman–Crippen LogP) is 0.295. The van der Waals surface area contributed by atoms with Crippen LogP contribution in [-0.4, -0.2) is 41.5 Å². The summed E-state index contributed by atoms with van der Waals surface area (Å²) in [5.41, 5.74) is 5.45. The number of hydrogen-bond donors (Lipinski definition) is 2. The molecule has 0 bridgehead atoms. The van der Waals surface area contributed by atoms with E-state index < -0.39 is 5.97 Å². The van der Waals surface area contributed by atoms with E-state index in [1.807, 2.05) is 13.8 Å². The van der Waals surface area contributed by atoms with Crippen molar-refractivity contribution in [2.24, 2.45) is 11.7 Å². The first-order valence-corrected chi connectivity index (χ1v) is 5.27. The van der Waals surface area contributed by atoms with Crippen LogP contribution in [0.4, 0.5) is 0 Å². The highest BCUT2D eigenvalue weighted by atomic mass is 16.4. The molecule has 0 aliphatic heterocycles. The zero-order valence-electron chi connectivity index (χ0n) is 9.40. The van der Waals surface area contributed by atoms with Crippen molar-refractivity contribution >= 4 is 11.9 Å². The zero-order chi connectivity index (χ0) is 11.8. The van der Waals surface area contributed by atoms with Crippen molar-refractivity contribution in [3.05, 3.63) is 0 Å². The number of carboxylic acid groups (broad SMARTS) is 1. The van der Waals surface area contributed by atoms with Crippen molar-refractivity contribution in [2.75, 3.05) is 19.6 Å². The molecule has 1 unspecified atom stereocenters. The van der Waals surface area contributed by atoms with Crippen LogP contribution in [0.15, 0.2) is 0 Å². The Kier molecular flexibility index (Phi) is 6.70. The summed E-state index contributed by atoms with van der Waals surface area (Å²) in [4.78, 5) is 23.7. The molecule has 0 aliphatic rings. The largest absolute Gasteiger partial charge is 0.480 e. The van der Waals surface area contributed by atoms with Crippen molar-refractivity contribution in [1.29, 1.82) is 0 Å². The van der Waals surface area contributed by atoms with E-state index in [-0.39, 0.29) is 24.9 Å². The number of aliphatic carboxylic acids is 1. The summed E-state index contributed by atoms with van der Waals surface area (Å²) in [7, 11) is 0. The molecule has 3 N–H and O–H groups in total. The van der Waals surface area contributed by atoms with E-state index in [0.29, 0.717) is 13.0 Å². The minimum Gasteiger partial charge on any atom is -0.480 e. The van der Waals surface area contributed by atoms with Gasteiger partial charge >= 0.3 is 5.97 Å². The Morgan fingerprint density at radius 2 is 2.00 bits per heavy atom. The van der Waals surface area contributed by atoms with Crippen LogP contribution in [0.5, 0.6) is 0 Å². The lowest BCUT2D eigenvalue weighted by molar-refractivity contribution is -0.146. The van der Waals surface area contributed by atoms with Crippen LogP contribution < -0.4 is 5.73 Å². The Labute approximate surface area is 90.2 Å². The van der Waals surface area contributed by atoms with E-state index in [2.05, 4.69) is 0 Å². The number of carbonyl (C=O) groups excluding carboxylic acids is 1. The second-order valence-electron chi connectivity index (χ2n) is 3.49. The van der Waals surface area contributed by atoms with Crippen LogP contribution in [-0.2, 0) is 9.59 Å². The van der Waals surface area contributed by atoms with Crippen LogP contribution in [0.1, 0.15) is 26.7 Å². The van der Waals surface area contributed by atoms with Gasteiger partial charge in [-0.15, -0.1) is 0 Å². The van der Waals surface area contributed by atoms with E-state index in [1.54, 1.807) is 0 Å². The highest BCUT2D eigenvalue weighted by Crippen LogP contribution is 2.06. The molecule has 1 amide bonds. The molecule has 0 aromatic rings. The summed E-state index contributed by atoms with van der Waals surface area (Å²) in [5, 5.41) is 8.66. The molecule has 0 spiro atoms. The number of amides is 1. The van der Waals surface area contributed by atoms with E-state index in [0.717, 1.165) is 6.42 Å². The normalized spacial score (nSPS) is 12.2. The molecule has 0 saturated heterocycles. The lowest BCUT2D eigenvalue weighted by Crippen LogP contribution is -2.42. The second-order valence-corrected chi connectivity index (χ2v) is 3.49. The fraction of sp³-hybridized carbons (Fsp3) is 0.800. The van der Waals surface area contributed by atoms with Gasteiger partial charge in [-0.1, -0.05) is 13.8 Å². The molecule has 0 aliphatic carbocycles. The molecule has 0 rings (SSSR count). The lowest BCUT2D eigenvalue weighted by atomic mass is 10.1. The Morgan fingerprint density at radius 1 is 1.40 bits per heavy atom. The fourth-order valence-corrected chi connectivity index (χ4v) is 1.40. The van der Waals surface area contributed by atoms with Crippen LogP contribution in [0, 0.1) is 5.92 Å². The minimum absolute atomic E-state index is 0.149. The number of nitrogens with zero attached hydrogens (tertiary/aromatic N) is 1. The Hall–Kier alpha value is -1.10. The van der Waals surface area contributed by atoms with Gasteiger partial charge in [-0.2, -0.15) is 0 Å². The van der Waals surface area contributed by atoms with E-state index in [4.69, 9.17) is 10.8 Å². The van der Waals surface area contributed by atoms with Gasteiger partial charge in [0.15, 0.2) is 0 Å². The summed E-state index contributed by atoms with van der Waals surface area (Å²) < 4.78 is 0. The Bertz CT molecular complexity index is 215. The maximum absolute atomic E-state index is 11.8. The summed E-state index contributed by atoms with van der Waals surface area (Å²) in [6.07, 6.45) is 1.40. The van der Waals surface area contributed by atoms with Gasteiger partial charge in [0.1, 0.15) is 6.54 Å². The SMILES string of the molecule is CCCN(CC(=O)O)C(=O)C(CC)CN. The fourth-order valence-electron chi connectivity index (χ4n) is 1.40. The molecule has 0 saturated carbocycles. The molecule has 0 fully saturated rings. The molecule has 5 heteroatoms. The molecular weight excluding hydrogens is 196 g/mol. The average Bonchev–Trinajstić information content (AvgIpc) is 2.18. The van der Waals surface area contributed by atoms with E-state index >= 15 is 0 Å². The van der Waals surface area contributed by atoms with Crippen LogP contribution >= 0.6 is 0 Å². The second kappa shape index (κ2) is 7.23. The zero-order valence-corrected chi connectivity index (χ0v) is 9.40. The maximum atomic E-state index is 11.8. The van der Waals surface area contributed by atoms with Crippen LogP contribution in [0.2, 0.25) is 0 Å². The third-order valence-corrected chi connectivity index (χ3v) is 2.26. The van der Waals surface area contributed by atoms with E-state index in [9.17, 15) is 9.59 Å². The number of hydrogen-bond acceptors (Lipinski definition) is 3. The first-order valence-electron chi connectivity index (χ1n) is 5.27. The molecule has 0 aromatic carbocycles. The van der Waals surface area contributed by atoms with Crippen molar-refractivity contribution < 1.29 is 14.7 Å². The highest BCUT2D eigenvalue weighted by molar-refractivity contribution is 5.83. The maximum Gasteiger partial charge on any atom is 0.323 e. The van der Waals surface area contributed by atoms with E-state index in [1.165, 1.54) is 4.90 Å². The summed E-state index contributed by atoms with van der Waals surface area (Å²) in [6, 6.07) is 0. The van der Waals surface area contributed by atoms with Gasteiger partial charge in [0, 0.05) is 13.1 Å². The molecular formula is C10H20N2O3. The molecule has 0 aromatic heterocycles. The number of rotatable bonds is 7. The van der Waals surface area contributed by atoms with Gasteiger partial charge in [-0.25, -0.2) is 0 Å². The lowest BCUT2D eigenvalue weighted by Gasteiger charge is -2.24. The molecule has 1 atom stereocenters. The van der Waals surface area contributed by atoms with Crippen molar-refractivity contribution in [2.45, 2.75) is 26.7 Å². The third-order valence-electron chi connectivity index (χ3n) is 2.26. The molecule has 5 nitrogen and oxygen atoms in total. The monoisotopic (exact) mass is 216 g/mol. The average molecular weight is 216 g/mol. The standard InChI is InChI=1S/C10H20N2O3/c1-3-5-12(7-9(13)14)10(15)8(4-2)6-11/h8H,3-7,11H2,1-2H3,(H,13,14). The van der Waals surface area contributed by atoms with Gasteiger partial charge in [0.05, 0.1) is 5.92 Å². The third kappa shape index (κ3) is 4.78. The first kappa shape index (κ1) is 13.9. The Morgan fingerprint density at radius 3 is 2.33 bits per heavy atom. The number of carbonyl (C=O) groups is 2. The predicted molar refractivity (Wildman–Crippen MR) is 57.3 cm³/mol. The Balaban J connectivity index is 4.45. The van der Waals surface area contributed by atoms with Gasteiger partial charge in [-0.3, -0.25) is 9.59 Å². The van der Waals surface area contributed by atoms with Crippen LogP contribution in [0.3, 0.4) is 0 Å². The summed E-state index contributed by atoms with van der Waals surface area (Å²) >= 11 is 0. The molecule has 15 heavy (non-hydrogen) atoms. The number of nitrogens with two attached hydrogens (primary N) is 1. The summed E-state index contributed by atoms with van der Waals surface area (Å²) in [6.45, 7) is 4.30. The minimum atomic E-state index is -0.983. The molecule has 88 valence electrons.